The van der Waals surface area contributed by atoms with Gasteiger partial charge in [-0.25, -0.2) is 9.48 Å². The van der Waals surface area contributed by atoms with E-state index in [2.05, 4.69) is 10.4 Å². The van der Waals surface area contributed by atoms with Crippen molar-refractivity contribution in [3.8, 4) is 5.69 Å². The Kier molecular flexibility index (Phi) is 3.68. The lowest BCUT2D eigenvalue weighted by Crippen LogP contribution is -2.28. The third-order valence-corrected chi connectivity index (χ3v) is 3.47. The van der Waals surface area contributed by atoms with Crippen LogP contribution in [0.15, 0.2) is 48.7 Å². The fourth-order valence-electron chi connectivity index (χ4n) is 2.33. The van der Waals surface area contributed by atoms with E-state index in [0.29, 0.717) is 17.6 Å². The zero-order valence-corrected chi connectivity index (χ0v) is 12.2. The molecule has 3 aromatic rings. The second-order valence-corrected chi connectivity index (χ2v) is 5.07. The van der Waals surface area contributed by atoms with Crippen LogP contribution in [0.4, 0.5) is 4.79 Å². The standard InChI is InChI=1S/C16H15N5O2/c17-15(22)13-3-1-2-11-9-21(20-14(11)13)12-6-4-10(5-7-12)8-19-16(18)23/h1-7,9H,8H2,(H2,17,22)(H3,18,19,23). The van der Waals surface area contributed by atoms with Crippen molar-refractivity contribution in [3.63, 3.8) is 0 Å². The first-order valence-electron chi connectivity index (χ1n) is 6.95. The maximum Gasteiger partial charge on any atom is 0.312 e. The molecule has 7 heteroatoms. The molecule has 23 heavy (non-hydrogen) atoms. The van der Waals surface area contributed by atoms with Gasteiger partial charge in [-0.15, -0.1) is 0 Å². The van der Waals surface area contributed by atoms with Crippen LogP contribution < -0.4 is 16.8 Å². The Labute approximate surface area is 131 Å². The summed E-state index contributed by atoms with van der Waals surface area (Å²) in [6, 6.07) is 12.2. The molecule has 0 saturated carbocycles. The number of fused-ring (bicyclic) bond motifs is 1. The zero-order valence-electron chi connectivity index (χ0n) is 12.2. The SMILES string of the molecule is NC(=O)NCc1ccc(-n2cc3cccc(C(N)=O)c3n2)cc1. The number of primary amides is 2. The quantitative estimate of drug-likeness (QED) is 0.674. The molecule has 1 heterocycles. The van der Waals surface area contributed by atoms with E-state index < -0.39 is 11.9 Å². The molecule has 0 fully saturated rings. The summed E-state index contributed by atoms with van der Waals surface area (Å²) in [5, 5.41) is 7.80. The first-order valence-corrected chi connectivity index (χ1v) is 6.95. The summed E-state index contributed by atoms with van der Waals surface area (Å²) in [6.07, 6.45) is 1.83. The van der Waals surface area contributed by atoms with Crippen molar-refractivity contribution in [2.75, 3.05) is 0 Å². The molecule has 0 atom stereocenters. The number of aromatic nitrogens is 2. The molecule has 3 amide bonds. The van der Waals surface area contributed by atoms with Crippen LogP contribution in [-0.2, 0) is 6.54 Å². The molecule has 3 rings (SSSR count). The van der Waals surface area contributed by atoms with Crippen molar-refractivity contribution in [3.05, 3.63) is 59.8 Å². The summed E-state index contributed by atoms with van der Waals surface area (Å²) in [6.45, 7) is 0.364. The fraction of sp³-hybridized carbons (Fsp3) is 0.0625. The van der Waals surface area contributed by atoms with Gasteiger partial charge in [-0.05, 0) is 23.8 Å². The number of nitrogens with two attached hydrogens (primary N) is 2. The second-order valence-electron chi connectivity index (χ2n) is 5.07. The van der Waals surface area contributed by atoms with Crippen LogP contribution in [0.3, 0.4) is 0 Å². The highest BCUT2D eigenvalue weighted by atomic mass is 16.2. The van der Waals surface area contributed by atoms with Crippen molar-refractivity contribution in [1.82, 2.24) is 15.1 Å². The van der Waals surface area contributed by atoms with E-state index >= 15 is 0 Å². The number of hydrogen-bond acceptors (Lipinski definition) is 3. The van der Waals surface area contributed by atoms with Crippen LogP contribution in [0, 0.1) is 0 Å². The molecule has 116 valence electrons. The van der Waals surface area contributed by atoms with Crippen molar-refractivity contribution in [1.29, 1.82) is 0 Å². The zero-order chi connectivity index (χ0) is 16.4. The predicted octanol–water partition coefficient (Wildman–Crippen LogP) is 1.29. The van der Waals surface area contributed by atoms with Gasteiger partial charge in [0.05, 0.1) is 11.3 Å². The van der Waals surface area contributed by atoms with Crippen molar-refractivity contribution in [2.45, 2.75) is 6.54 Å². The lowest BCUT2D eigenvalue weighted by Gasteiger charge is -2.04. The summed E-state index contributed by atoms with van der Waals surface area (Å²) >= 11 is 0. The van der Waals surface area contributed by atoms with Gasteiger partial charge in [0.2, 0.25) is 0 Å². The monoisotopic (exact) mass is 309 g/mol. The smallest absolute Gasteiger partial charge is 0.312 e. The molecule has 0 bridgehead atoms. The molecule has 2 aromatic carbocycles. The lowest BCUT2D eigenvalue weighted by atomic mass is 10.1. The number of amides is 3. The molecule has 0 radical (unpaired) electrons. The number of rotatable bonds is 4. The highest BCUT2D eigenvalue weighted by Gasteiger charge is 2.10. The van der Waals surface area contributed by atoms with Gasteiger partial charge < -0.3 is 16.8 Å². The molecule has 7 nitrogen and oxygen atoms in total. The first kappa shape index (κ1) is 14.6. The summed E-state index contributed by atoms with van der Waals surface area (Å²) in [4.78, 5) is 22.2. The average molecular weight is 309 g/mol. The molecular formula is C16H15N5O2. The molecular weight excluding hydrogens is 294 g/mol. The van der Waals surface area contributed by atoms with Crippen molar-refractivity contribution < 1.29 is 9.59 Å². The maximum absolute atomic E-state index is 11.5. The minimum atomic E-state index is -0.564. The van der Waals surface area contributed by atoms with E-state index in [9.17, 15) is 9.59 Å². The Morgan fingerprint density at radius 3 is 2.48 bits per heavy atom. The van der Waals surface area contributed by atoms with E-state index in [1.165, 1.54) is 0 Å². The molecule has 0 aliphatic heterocycles. The molecule has 0 unspecified atom stereocenters. The Morgan fingerprint density at radius 2 is 1.83 bits per heavy atom. The van der Waals surface area contributed by atoms with Crippen LogP contribution in [0.25, 0.3) is 16.6 Å². The Hall–Kier alpha value is -3.35. The van der Waals surface area contributed by atoms with Gasteiger partial charge >= 0.3 is 6.03 Å². The number of carbonyl (C=O) groups is 2. The van der Waals surface area contributed by atoms with E-state index in [4.69, 9.17) is 11.5 Å². The van der Waals surface area contributed by atoms with Crippen LogP contribution in [0.2, 0.25) is 0 Å². The number of nitrogens with zero attached hydrogens (tertiary/aromatic N) is 2. The van der Waals surface area contributed by atoms with Gasteiger partial charge in [0.1, 0.15) is 5.52 Å². The fourth-order valence-corrected chi connectivity index (χ4v) is 2.33. The van der Waals surface area contributed by atoms with Gasteiger partial charge in [-0.2, -0.15) is 5.10 Å². The third kappa shape index (κ3) is 2.98. The molecule has 0 aliphatic rings. The van der Waals surface area contributed by atoms with Crippen LogP contribution in [0.1, 0.15) is 15.9 Å². The first-order chi connectivity index (χ1) is 11.0. The minimum absolute atomic E-state index is 0.364. The second kappa shape index (κ2) is 5.80. The number of carbonyl (C=O) groups excluding carboxylic acids is 2. The van der Waals surface area contributed by atoms with Crippen LogP contribution >= 0.6 is 0 Å². The Bertz CT molecular complexity index is 883. The van der Waals surface area contributed by atoms with Gasteiger partial charge in [-0.1, -0.05) is 24.3 Å². The van der Waals surface area contributed by atoms with E-state index in [1.54, 1.807) is 16.8 Å². The van der Waals surface area contributed by atoms with Crippen LogP contribution in [0.5, 0.6) is 0 Å². The largest absolute Gasteiger partial charge is 0.366 e. The third-order valence-electron chi connectivity index (χ3n) is 3.47. The summed E-state index contributed by atoms with van der Waals surface area (Å²) in [5.74, 6) is -0.506. The van der Waals surface area contributed by atoms with Gasteiger partial charge in [0, 0.05) is 18.1 Å². The van der Waals surface area contributed by atoms with Gasteiger partial charge in [-0.3, -0.25) is 4.79 Å². The van der Waals surface area contributed by atoms with E-state index in [0.717, 1.165) is 16.6 Å². The number of urea groups is 1. The summed E-state index contributed by atoms with van der Waals surface area (Å²) in [7, 11) is 0. The van der Waals surface area contributed by atoms with Gasteiger partial charge in [0.15, 0.2) is 0 Å². The number of benzene rings is 2. The van der Waals surface area contributed by atoms with Crippen molar-refractivity contribution in [2.24, 2.45) is 11.5 Å². The predicted molar refractivity (Wildman–Crippen MR) is 86.0 cm³/mol. The maximum atomic E-state index is 11.5. The van der Waals surface area contributed by atoms with Crippen molar-refractivity contribution >= 4 is 22.8 Å². The summed E-state index contributed by atoms with van der Waals surface area (Å²) < 4.78 is 1.68. The lowest BCUT2D eigenvalue weighted by molar-refractivity contribution is 0.100. The topological polar surface area (TPSA) is 116 Å². The Balaban J connectivity index is 1.92. The highest BCUT2D eigenvalue weighted by molar-refractivity contribution is 6.04. The molecule has 0 spiro atoms. The molecule has 1 aromatic heterocycles. The van der Waals surface area contributed by atoms with Crippen LogP contribution in [-0.4, -0.2) is 21.7 Å². The highest BCUT2D eigenvalue weighted by Crippen LogP contribution is 2.19. The van der Waals surface area contributed by atoms with E-state index in [-0.39, 0.29) is 0 Å². The van der Waals surface area contributed by atoms with E-state index in [1.807, 2.05) is 36.5 Å². The Morgan fingerprint density at radius 1 is 1.09 bits per heavy atom. The number of hydrogen-bond donors (Lipinski definition) is 3. The number of nitrogens with one attached hydrogen (secondary N) is 1. The molecule has 0 aliphatic carbocycles. The minimum Gasteiger partial charge on any atom is -0.366 e. The molecule has 0 saturated heterocycles. The molecule has 5 N–H and O–H groups in total. The van der Waals surface area contributed by atoms with Gasteiger partial charge in [0.25, 0.3) is 5.91 Å². The average Bonchev–Trinajstić information content (AvgIpc) is 2.97. The normalized spacial score (nSPS) is 10.6. The summed E-state index contributed by atoms with van der Waals surface area (Å²) in [5.41, 5.74) is 13.1.